The highest BCUT2D eigenvalue weighted by molar-refractivity contribution is 7.25. The minimum absolute atomic E-state index is 0.231. The van der Waals surface area contributed by atoms with Gasteiger partial charge in [0, 0.05) is 17.6 Å². The van der Waals surface area contributed by atoms with Crippen LogP contribution in [0.3, 0.4) is 0 Å². The number of nitrogens with zero attached hydrogens (tertiary/aromatic N) is 3. The fourth-order valence-electron chi connectivity index (χ4n) is 4.18. The van der Waals surface area contributed by atoms with E-state index < -0.39 is 5.97 Å². The van der Waals surface area contributed by atoms with Gasteiger partial charge in [0.05, 0.1) is 23.2 Å². The van der Waals surface area contributed by atoms with Crippen molar-refractivity contribution in [3.8, 4) is 5.75 Å². The topological polar surface area (TPSA) is 97.2 Å². The number of hydrogen-bond donors (Lipinski definition) is 2. The molecule has 1 aliphatic rings. The third kappa shape index (κ3) is 3.73. The number of anilines is 1. The van der Waals surface area contributed by atoms with E-state index in [4.69, 9.17) is 9.72 Å². The maximum Gasteiger partial charge on any atom is 0.306 e. The lowest BCUT2D eigenvalue weighted by molar-refractivity contribution is -0.142. The van der Waals surface area contributed by atoms with Gasteiger partial charge in [0.1, 0.15) is 17.0 Å². The number of benzene rings is 1. The number of ether oxygens (including phenoxy) is 1. The van der Waals surface area contributed by atoms with Crippen LogP contribution in [0.25, 0.3) is 20.4 Å². The SMILES string of the molecule is COc1ccc(CCNc2ncnc3c2sc2nc4c(cc23)CC(C(=O)O)CC4)cc1F. The van der Waals surface area contributed by atoms with Gasteiger partial charge in [-0.25, -0.2) is 19.3 Å². The van der Waals surface area contributed by atoms with Crippen LogP contribution in [0.2, 0.25) is 0 Å². The Morgan fingerprint density at radius 3 is 3.00 bits per heavy atom. The van der Waals surface area contributed by atoms with Gasteiger partial charge in [-0.3, -0.25) is 4.79 Å². The molecular weight excluding hydrogens is 431 g/mol. The lowest BCUT2D eigenvalue weighted by Crippen LogP contribution is -2.22. The van der Waals surface area contributed by atoms with E-state index in [0.29, 0.717) is 38.0 Å². The Kier molecular flexibility index (Phi) is 5.34. The van der Waals surface area contributed by atoms with E-state index >= 15 is 0 Å². The van der Waals surface area contributed by atoms with Gasteiger partial charge in [-0.15, -0.1) is 11.3 Å². The van der Waals surface area contributed by atoms with Crippen LogP contribution in [0.1, 0.15) is 23.2 Å². The highest BCUT2D eigenvalue weighted by atomic mass is 32.1. The number of carboxylic acids is 1. The summed E-state index contributed by atoms with van der Waals surface area (Å²) in [6.07, 6.45) is 3.93. The number of pyridine rings is 1. The van der Waals surface area contributed by atoms with Crippen LogP contribution >= 0.6 is 11.3 Å². The number of aromatic nitrogens is 3. The number of aryl methyl sites for hydroxylation is 1. The van der Waals surface area contributed by atoms with Crippen molar-refractivity contribution in [3.63, 3.8) is 0 Å². The number of rotatable bonds is 6. The van der Waals surface area contributed by atoms with E-state index in [1.165, 1.54) is 30.8 Å². The molecular formula is C23H21FN4O3S. The summed E-state index contributed by atoms with van der Waals surface area (Å²) in [6.45, 7) is 0.580. The molecule has 0 amide bonds. The van der Waals surface area contributed by atoms with E-state index in [0.717, 1.165) is 37.3 Å². The summed E-state index contributed by atoms with van der Waals surface area (Å²) in [7, 11) is 1.45. The van der Waals surface area contributed by atoms with Crippen molar-refractivity contribution in [2.24, 2.45) is 5.92 Å². The minimum atomic E-state index is -0.753. The summed E-state index contributed by atoms with van der Waals surface area (Å²) in [5.41, 5.74) is 3.64. The van der Waals surface area contributed by atoms with Gasteiger partial charge in [-0.1, -0.05) is 6.07 Å². The van der Waals surface area contributed by atoms with Gasteiger partial charge in [-0.05, 0) is 55.0 Å². The number of carboxylic acid groups (broad SMARTS) is 1. The fourth-order valence-corrected chi connectivity index (χ4v) is 5.27. The molecule has 0 bridgehead atoms. The minimum Gasteiger partial charge on any atom is -0.494 e. The first-order valence-electron chi connectivity index (χ1n) is 10.4. The first-order chi connectivity index (χ1) is 15.5. The lowest BCUT2D eigenvalue weighted by Gasteiger charge is -2.20. The van der Waals surface area contributed by atoms with Gasteiger partial charge >= 0.3 is 5.97 Å². The van der Waals surface area contributed by atoms with Crippen molar-refractivity contribution < 1.29 is 19.0 Å². The van der Waals surface area contributed by atoms with Crippen LogP contribution in [0, 0.1) is 11.7 Å². The van der Waals surface area contributed by atoms with Crippen LogP contribution < -0.4 is 10.1 Å². The average molecular weight is 453 g/mol. The van der Waals surface area contributed by atoms with Crippen LogP contribution in [-0.2, 0) is 24.1 Å². The van der Waals surface area contributed by atoms with Crippen molar-refractivity contribution in [1.82, 2.24) is 15.0 Å². The second-order valence-electron chi connectivity index (χ2n) is 7.87. The van der Waals surface area contributed by atoms with E-state index in [1.54, 1.807) is 6.07 Å². The zero-order valence-corrected chi connectivity index (χ0v) is 18.2. The maximum atomic E-state index is 13.9. The van der Waals surface area contributed by atoms with Crippen LogP contribution in [0.4, 0.5) is 10.2 Å². The average Bonchev–Trinajstić information content (AvgIpc) is 3.15. The summed E-state index contributed by atoms with van der Waals surface area (Å²) in [6, 6.07) is 7.00. The summed E-state index contributed by atoms with van der Waals surface area (Å²) in [5, 5.41) is 13.6. The predicted octanol–water partition coefficient (Wildman–Crippen LogP) is 4.23. The molecule has 0 radical (unpaired) electrons. The zero-order chi connectivity index (χ0) is 22.2. The van der Waals surface area contributed by atoms with Crippen molar-refractivity contribution in [2.45, 2.75) is 25.7 Å². The Hall–Kier alpha value is -3.33. The molecule has 0 aliphatic heterocycles. The number of fused-ring (bicyclic) bond motifs is 4. The fraction of sp³-hybridized carbons (Fsp3) is 0.304. The molecule has 1 atom stereocenters. The quantitative estimate of drug-likeness (QED) is 0.452. The molecule has 32 heavy (non-hydrogen) atoms. The van der Waals surface area contributed by atoms with Crippen molar-refractivity contribution in [1.29, 1.82) is 0 Å². The van der Waals surface area contributed by atoms with Crippen molar-refractivity contribution >= 4 is 43.6 Å². The highest BCUT2D eigenvalue weighted by Crippen LogP contribution is 2.37. The number of methoxy groups -OCH3 is 1. The van der Waals surface area contributed by atoms with E-state index in [9.17, 15) is 14.3 Å². The second kappa shape index (κ2) is 8.31. The van der Waals surface area contributed by atoms with Gasteiger partial charge < -0.3 is 15.2 Å². The molecule has 9 heteroatoms. The van der Waals surface area contributed by atoms with Crippen LogP contribution in [0.15, 0.2) is 30.6 Å². The first-order valence-corrected chi connectivity index (χ1v) is 11.2. The monoisotopic (exact) mass is 452 g/mol. The third-order valence-corrected chi connectivity index (χ3v) is 6.98. The summed E-state index contributed by atoms with van der Waals surface area (Å²) in [4.78, 5) is 26.0. The molecule has 1 aliphatic carbocycles. The molecule has 1 unspecified atom stereocenters. The molecule has 0 saturated carbocycles. The molecule has 1 aromatic carbocycles. The molecule has 7 nitrogen and oxygen atoms in total. The van der Waals surface area contributed by atoms with E-state index in [-0.39, 0.29) is 17.5 Å². The van der Waals surface area contributed by atoms with Gasteiger partial charge in [0.2, 0.25) is 0 Å². The Morgan fingerprint density at radius 2 is 2.22 bits per heavy atom. The number of thiophene rings is 1. The number of carbonyl (C=O) groups is 1. The molecule has 0 fully saturated rings. The second-order valence-corrected chi connectivity index (χ2v) is 8.87. The summed E-state index contributed by atoms with van der Waals surface area (Å²) in [5.74, 6) is -0.542. The molecule has 4 aromatic rings. The summed E-state index contributed by atoms with van der Waals surface area (Å²) < 4.78 is 19.8. The first kappa shape index (κ1) is 20.6. The normalized spacial score (nSPS) is 15.6. The predicted molar refractivity (Wildman–Crippen MR) is 121 cm³/mol. The van der Waals surface area contributed by atoms with Gasteiger partial charge in [-0.2, -0.15) is 0 Å². The molecule has 164 valence electrons. The largest absolute Gasteiger partial charge is 0.494 e. The maximum absolute atomic E-state index is 13.9. The lowest BCUT2D eigenvalue weighted by atomic mass is 9.86. The number of aliphatic carboxylic acids is 1. The smallest absolute Gasteiger partial charge is 0.306 e. The molecule has 3 heterocycles. The molecule has 2 N–H and O–H groups in total. The number of nitrogens with one attached hydrogen (secondary N) is 1. The number of hydrogen-bond acceptors (Lipinski definition) is 7. The number of halogens is 1. The van der Waals surface area contributed by atoms with Crippen LogP contribution in [0.5, 0.6) is 5.75 Å². The molecule has 3 aromatic heterocycles. The highest BCUT2D eigenvalue weighted by Gasteiger charge is 2.26. The Labute approximate surface area is 187 Å². The van der Waals surface area contributed by atoms with Crippen LogP contribution in [-0.4, -0.2) is 39.7 Å². The Bertz CT molecular complexity index is 1340. The summed E-state index contributed by atoms with van der Waals surface area (Å²) >= 11 is 1.53. The zero-order valence-electron chi connectivity index (χ0n) is 17.4. The van der Waals surface area contributed by atoms with Crippen molar-refractivity contribution in [2.75, 3.05) is 19.0 Å². The van der Waals surface area contributed by atoms with E-state index in [2.05, 4.69) is 15.3 Å². The Balaban J connectivity index is 1.40. The third-order valence-electron chi connectivity index (χ3n) is 5.88. The van der Waals surface area contributed by atoms with Gasteiger partial charge in [0.25, 0.3) is 0 Å². The van der Waals surface area contributed by atoms with Gasteiger partial charge in [0.15, 0.2) is 11.6 Å². The Morgan fingerprint density at radius 1 is 1.34 bits per heavy atom. The standard InChI is InChI=1S/C23H21FN4O3S/c1-31-18-5-2-12(8-16(18)24)6-7-25-21-20-19(26-11-27-21)15-10-14-9-13(23(29)30)3-4-17(14)28-22(15)32-20/h2,5,8,10-11,13H,3-4,6-7,9H2,1H3,(H,29,30)(H,25,26,27). The molecule has 0 saturated heterocycles. The van der Waals surface area contributed by atoms with Crippen molar-refractivity contribution in [3.05, 3.63) is 53.2 Å². The molecule has 0 spiro atoms. The van der Waals surface area contributed by atoms with E-state index in [1.807, 2.05) is 12.1 Å². The molecule has 5 rings (SSSR count).